The van der Waals surface area contributed by atoms with E-state index in [1.54, 1.807) is 4.90 Å². The predicted octanol–water partition coefficient (Wildman–Crippen LogP) is 4.92. The molecule has 0 radical (unpaired) electrons. The van der Waals surface area contributed by atoms with Crippen molar-refractivity contribution in [2.75, 3.05) is 0 Å². The molecule has 1 amide bonds. The monoisotopic (exact) mass is 367 g/mol. The maximum absolute atomic E-state index is 12.9. The van der Waals surface area contributed by atoms with Crippen molar-refractivity contribution in [3.05, 3.63) is 53.6 Å². The van der Waals surface area contributed by atoms with Crippen molar-refractivity contribution < 1.29 is 4.79 Å². The first-order valence-corrected chi connectivity index (χ1v) is 9.73. The predicted molar refractivity (Wildman–Crippen MR) is 112 cm³/mol. The molecule has 1 fully saturated rings. The molecule has 1 aromatic heterocycles. The summed E-state index contributed by atoms with van der Waals surface area (Å²) in [5.41, 5.74) is 2.19. The highest BCUT2D eigenvalue weighted by Gasteiger charge is 2.35. The number of thioether (sulfide) groups is 1. The van der Waals surface area contributed by atoms with Crippen LogP contribution >= 0.6 is 11.8 Å². The number of allylic oxidation sites excluding steroid dienone is 1. The molecule has 0 bridgehead atoms. The van der Waals surface area contributed by atoms with Crippen LogP contribution in [-0.2, 0) is 11.3 Å². The van der Waals surface area contributed by atoms with Gasteiger partial charge in [0.05, 0.1) is 4.91 Å². The lowest BCUT2D eigenvalue weighted by atomic mass is 10.1. The summed E-state index contributed by atoms with van der Waals surface area (Å²) in [4.78, 5) is 20.1. The van der Waals surface area contributed by atoms with Gasteiger partial charge in [0.15, 0.2) is 5.17 Å². The number of amidine groups is 1. The SMILES string of the molecule is C=CCn1cc(/C=C2/SC(=NC(C)C)N(C(C)C)C2=O)c2ccccc21. The number of aromatic nitrogens is 1. The van der Waals surface area contributed by atoms with Crippen LogP contribution in [0.3, 0.4) is 0 Å². The van der Waals surface area contributed by atoms with Gasteiger partial charge >= 0.3 is 0 Å². The molecule has 1 saturated heterocycles. The van der Waals surface area contributed by atoms with Gasteiger partial charge in [-0.2, -0.15) is 0 Å². The number of aliphatic imine (C=N–C) groups is 1. The van der Waals surface area contributed by atoms with Crippen molar-refractivity contribution in [3.8, 4) is 0 Å². The Morgan fingerprint density at radius 2 is 1.96 bits per heavy atom. The van der Waals surface area contributed by atoms with E-state index in [4.69, 9.17) is 0 Å². The largest absolute Gasteiger partial charge is 0.343 e. The van der Waals surface area contributed by atoms with E-state index < -0.39 is 0 Å². The second-order valence-corrected chi connectivity index (χ2v) is 7.94. The van der Waals surface area contributed by atoms with E-state index in [0.717, 1.165) is 33.1 Å². The van der Waals surface area contributed by atoms with Crippen molar-refractivity contribution in [3.63, 3.8) is 0 Å². The molecule has 2 aromatic rings. The summed E-state index contributed by atoms with van der Waals surface area (Å²) in [6.45, 7) is 12.7. The second kappa shape index (κ2) is 7.54. The van der Waals surface area contributed by atoms with Gasteiger partial charge in [0, 0.05) is 41.3 Å². The van der Waals surface area contributed by atoms with Crippen LogP contribution in [0, 0.1) is 0 Å². The van der Waals surface area contributed by atoms with Crippen LogP contribution in [0.1, 0.15) is 33.3 Å². The van der Waals surface area contributed by atoms with Crippen LogP contribution in [0.5, 0.6) is 0 Å². The molecule has 1 aliphatic heterocycles. The Hall–Kier alpha value is -2.27. The molecule has 0 atom stereocenters. The van der Waals surface area contributed by atoms with Crippen molar-refractivity contribution in [2.24, 2.45) is 4.99 Å². The van der Waals surface area contributed by atoms with Crippen molar-refractivity contribution in [2.45, 2.75) is 46.3 Å². The molecule has 0 saturated carbocycles. The number of benzene rings is 1. The van der Waals surface area contributed by atoms with Crippen LogP contribution < -0.4 is 0 Å². The quantitative estimate of drug-likeness (QED) is 0.556. The third-order valence-electron chi connectivity index (χ3n) is 4.15. The van der Waals surface area contributed by atoms with Gasteiger partial charge in [-0.25, -0.2) is 0 Å². The van der Waals surface area contributed by atoms with Gasteiger partial charge in [0.25, 0.3) is 5.91 Å². The lowest BCUT2D eigenvalue weighted by Crippen LogP contribution is -2.35. The van der Waals surface area contributed by atoms with Gasteiger partial charge in [-0.3, -0.25) is 14.7 Å². The summed E-state index contributed by atoms with van der Waals surface area (Å²) in [7, 11) is 0. The number of para-hydroxylation sites is 1. The summed E-state index contributed by atoms with van der Waals surface area (Å²) in [6, 6.07) is 8.48. The van der Waals surface area contributed by atoms with Crippen LogP contribution in [-0.4, -0.2) is 32.6 Å². The zero-order valence-electron chi connectivity index (χ0n) is 15.8. The zero-order chi connectivity index (χ0) is 18.8. The third-order valence-corrected chi connectivity index (χ3v) is 5.15. The number of rotatable bonds is 5. The Kier molecular flexibility index (Phi) is 5.37. The summed E-state index contributed by atoms with van der Waals surface area (Å²) < 4.78 is 2.15. The average molecular weight is 368 g/mol. The van der Waals surface area contributed by atoms with Crippen LogP contribution in [0.4, 0.5) is 0 Å². The number of hydrogen-bond donors (Lipinski definition) is 0. The van der Waals surface area contributed by atoms with Gasteiger partial charge in [0.2, 0.25) is 0 Å². The van der Waals surface area contributed by atoms with Crippen LogP contribution in [0.25, 0.3) is 17.0 Å². The second-order valence-electron chi connectivity index (χ2n) is 6.93. The minimum Gasteiger partial charge on any atom is -0.343 e. The molecular formula is C21H25N3OS. The maximum Gasteiger partial charge on any atom is 0.266 e. The Balaban J connectivity index is 2.06. The molecule has 0 spiro atoms. The first-order valence-electron chi connectivity index (χ1n) is 8.92. The Bertz CT molecular complexity index is 905. The van der Waals surface area contributed by atoms with Crippen molar-refractivity contribution >= 4 is 39.8 Å². The first kappa shape index (κ1) is 18.5. The summed E-state index contributed by atoms with van der Waals surface area (Å²) in [5.74, 6) is 0.0324. The molecule has 0 unspecified atom stereocenters. The number of fused-ring (bicyclic) bond motifs is 1. The molecule has 0 N–H and O–H groups in total. The maximum atomic E-state index is 12.9. The molecule has 2 heterocycles. The molecule has 3 rings (SSSR count). The number of carbonyl (C=O) groups excluding carboxylic acids is 1. The summed E-state index contributed by atoms with van der Waals surface area (Å²) >= 11 is 1.47. The lowest BCUT2D eigenvalue weighted by Gasteiger charge is -2.20. The smallest absolute Gasteiger partial charge is 0.266 e. The van der Waals surface area contributed by atoms with E-state index in [1.165, 1.54) is 11.8 Å². The Morgan fingerprint density at radius 3 is 2.62 bits per heavy atom. The van der Waals surface area contributed by atoms with Crippen molar-refractivity contribution in [1.29, 1.82) is 0 Å². The molecule has 1 aromatic carbocycles. The highest BCUT2D eigenvalue weighted by Crippen LogP contribution is 2.35. The Labute approximate surface area is 159 Å². The lowest BCUT2D eigenvalue weighted by molar-refractivity contribution is -0.123. The van der Waals surface area contributed by atoms with E-state index >= 15 is 0 Å². The first-order chi connectivity index (χ1) is 12.4. The van der Waals surface area contributed by atoms with Crippen LogP contribution in [0.2, 0.25) is 0 Å². The van der Waals surface area contributed by atoms with E-state index in [1.807, 2.05) is 52.0 Å². The average Bonchev–Trinajstić information content (AvgIpc) is 3.06. The van der Waals surface area contributed by atoms with Gasteiger partial charge in [-0.05, 0) is 51.6 Å². The highest BCUT2D eigenvalue weighted by molar-refractivity contribution is 8.18. The van der Waals surface area contributed by atoms with E-state index in [9.17, 15) is 4.79 Å². The molecular weight excluding hydrogens is 342 g/mol. The number of hydrogen-bond acceptors (Lipinski definition) is 3. The van der Waals surface area contributed by atoms with Gasteiger partial charge in [-0.15, -0.1) is 6.58 Å². The highest BCUT2D eigenvalue weighted by atomic mass is 32.2. The summed E-state index contributed by atoms with van der Waals surface area (Å²) in [5, 5.41) is 1.93. The minimum atomic E-state index is 0.0324. The normalized spacial score (nSPS) is 18.2. The Morgan fingerprint density at radius 1 is 1.23 bits per heavy atom. The van der Waals surface area contributed by atoms with Crippen molar-refractivity contribution in [1.82, 2.24) is 9.47 Å². The molecule has 136 valence electrons. The third kappa shape index (κ3) is 3.49. The number of carbonyl (C=O) groups is 1. The van der Waals surface area contributed by atoms with E-state index in [2.05, 4.69) is 34.5 Å². The fourth-order valence-electron chi connectivity index (χ4n) is 3.07. The topological polar surface area (TPSA) is 37.6 Å². The number of amides is 1. The zero-order valence-corrected chi connectivity index (χ0v) is 16.6. The molecule has 4 nitrogen and oxygen atoms in total. The van der Waals surface area contributed by atoms with Crippen LogP contribution in [0.15, 0.2) is 53.0 Å². The van der Waals surface area contributed by atoms with E-state index in [0.29, 0.717) is 0 Å². The minimum absolute atomic E-state index is 0.0324. The standard InChI is InChI=1S/C21H25N3OS/c1-6-11-23-13-16(17-9-7-8-10-18(17)23)12-19-20(25)24(15(4)5)21(26-19)22-14(2)3/h6-10,12-15H,1,11H2,2-5H3/b19-12+,22-21?. The molecule has 1 aliphatic rings. The number of nitrogens with zero attached hydrogens (tertiary/aromatic N) is 3. The molecule has 26 heavy (non-hydrogen) atoms. The van der Waals surface area contributed by atoms with Gasteiger partial charge in [0.1, 0.15) is 0 Å². The van der Waals surface area contributed by atoms with Gasteiger partial charge in [-0.1, -0.05) is 24.3 Å². The van der Waals surface area contributed by atoms with Gasteiger partial charge < -0.3 is 4.57 Å². The molecule has 0 aliphatic carbocycles. The van der Waals surface area contributed by atoms with E-state index in [-0.39, 0.29) is 18.0 Å². The molecule has 5 heteroatoms. The fraction of sp³-hybridized carbons (Fsp3) is 0.333. The summed E-state index contributed by atoms with van der Waals surface area (Å²) in [6.07, 6.45) is 5.96. The fourth-order valence-corrected chi connectivity index (χ4v) is 4.30.